The zero-order valence-electron chi connectivity index (χ0n) is 25.4. The molecule has 4 aromatic carbocycles. The summed E-state index contributed by atoms with van der Waals surface area (Å²) in [5.74, 6) is -1.83. The van der Waals surface area contributed by atoms with E-state index < -0.39 is 83.3 Å². The number of allylic oxidation sites excluding steroid dienone is 3. The topological polar surface area (TPSA) is 324 Å². The largest absolute Gasteiger partial charge is 0.744 e. The van der Waals surface area contributed by atoms with Crippen LogP contribution in [-0.4, -0.2) is 62.9 Å². The van der Waals surface area contributed by atoms with Gasteiger partial charge in [-0.3, -0.25) is 13.9 Å². The van der Waals surface area contributed by atoms with Crippen molar-refractivity contribution in [2.75, 3.05) is 5.32 Å². The van der Waals surface area contributed by atoms with Crippen LogP contribution in [0.1, 0.15) is 6.92 Å². The Labute approximate surface area is 289 Å². The number of amides is 1. The lowest BCUT2D eigenvalue weighted by atomic mass is 10.1. The molecule has 0 radical (unpaired) electrons. The predicted molar refractivity (Wildman–Crippen MR) is 176 cm³/mol. The fourth-order valence-corrected chi connectivity index (χ4v) is 6.62. The smallest absolute Gasteiger partial charge is 0.301 e. The van der Waals surface area contributed by atoms with Gasteiger partial charge >= 0.3 is 10.1 Å². The molecule has 0 saturated carbocycles. The van der Waals surface area contributed by atoms with Gasteiger partial charge in [0.1, 0.15) is 25.9 Å². The lowest BCUT2D eigenvalue weighted by Gasteiger charge is -2.16. The highest BCUT2D eigenvalue weighted by Crippen LogP contribution is 2.42. The van der Waals surface area contributed by atoms with Crippen LogP contribution in [0, 0.1) is 0 Å². The molecule has 0 atom stereocenters. The molecular weight excluding hydrogens is 759 g/mol. The Hall–Kier alpha value is -5.27. The molecular formula is C28H22N5O14S4-. The number of anilines is 1. The third kappa shape index (κ3) is 9.10. The van der Waals surface area contributed by atoms with Gasteiger partial charge in [0.15, 0.2) is 4.90 Å². The zero-order chi connectivity index (χ0) is 38.1. The number of carbonyl (C=O) groups excluding carboxylic acids is 1. The van der Waals surface area contributed by atoms with Gasteiger partial charge in [-0.15, -0.1) is 5.11 Å². The standard InChI is InChI=1S/C28H23N5O14S4/c1-3-16(5-4-12-48(36,37)38)30-31-21-8-9-22(19-13-17(49(39,40)41)6-7-18(19)21)32-33-27-25(51(45,46)47)14-20-24(50(42,43)44)11-10-23(29-15(2)34)26(20)28(27)35/h3-14,35H,1H2,2H3,(H,29,34)(H,36,37,38)(H,39,40,41)(H,42,43,44)(H,45,46,47)/p-1/b12-4+,16-5+,31-30?,33-32?. The van der Waals surface area contributed by atoms with Gasteiger partial charge in [-0.2, -0.15) is 21.9 Å². The first-order valence-corrected chi connectivity index (χ1v) is 19.2. The minimum atomic E-state index is -5.34. The summed E-state index contributed by atoms with van der Waals surface area (Å²) in [5, 5.41) is 26.9. The van der Waals surface area contributed by atoms with Crippen molar-refractivity contribution in [1.82, 2.24) is 0 Å². The van der Waals surface area contributed by atoms with Crippen LogP contribution >= 0.6 is 0 Å². The lowest BCUT2D eigenvalue weighted by Crippen LogP contribution is -2.58. The lowest BCUT2D eigenvalue weighted by molar-refractivity contribution is -0.436. The van der Waals surface area contributed by atoms with Gasteiger partial charge in [0.2, 0.25) is 11.7 Å². The number of phenols is 1. The fraction of sp³-hybridized carbons (Fsp3) is 0.0357. The molecule has 19 nitrogen and oxygen atoms in total. The van der Waals surface area contributed by atoms with Crippen molar-refractivity contribution < 1.29 is 66.9 Å². The van der Waals surface area contributed by atoms with E-state index in [9.17, 15) is 57.2 Å². The average molecular weight is 781 g/mol. The van der Waals surface area contributed by atoms with Gasteiger partial charge in [0.25, 0.3) is 15.8 Å². The van der Waals surface area contributed by atoms with Crippen molar-refractivity contribution in [1.29, 1.82) is 0 Å². The van der Waals surface area contributed by atoms with Crippen LogP contribution < -0.4 is 10.4 Å². The number of rotatable bonds is 11. The van der Waals surface area contributed by atoms with E-state index in [2.05, 4.69) is 32.4 Å². The van der Waals surface area contributed by atoms with Crippen LogP contribution in [-0.2, 0) is 45.3 Å². The number of nitrogens with one attached hydrogen (secondary N) is 2. The normalized spacial score (nSPS) is 13.5. The number of phenolic OH excluding ortho intramolecular Hbond substituents is 1. The first-order valence-electron chi connectivity index (χ1n) is 13.4. The van der Waals surface area contributed by atoms with E-state index in [-0.39, 0.29) is 33.5 Å². The maximum atomic E-state index is 12.4. The molecule has 0 aromatic heterocycles. The van der Waals surface area contributed by atoms with Gasteiger partial charge in [-0.05, 0) is 65.8 Å². The summed E-state index contributed by atoms with van der Waals surface area (Å²) in [6.07, 6.45) is 3.23. The highest BCUT2D eigenvalue weighted by Gasteiger charge is 2.30. The van der Waals surface area contributed by atoms with Crippen molar-refractivity contribution >= 4 is 90.7 Å². The molecule has 0 unspecified atom stereocenters. The molecule has 0 saturated heterocycles. The summed E-state index contributed by atoms with van der Waals surface area (Å²) >= 11 is 0. The number of fused-ring (bicyclic) bond motifs is 2. The van der Waals surface area contributed by atoms with Gasteiger partial charge in [0.05, 0.1) is 37.7 Å². The molecule has 51 heavy (non-hydrogen) atoms. The molecule has 1 amide bonds. The summed E-state index contributed by atoms with van der Waals surface area (Å²) in [6, 6.07) is 7.68. The van der Waals surface area contributed by atoms with Gasteiger partial charge < -0.3 is 19.5 Å². The minimum Gasteiger partial charge on any atom is -0.744 e. The van der Waals surface area contributed by atoms with E-state index >= 15 is 0 Å². The number of benzene rings is 4. The summed E-state index contributed by atoms with van der Waals surface area (Å²) in [6.45, 7) is 4.56. The Kier molecular flexibility index (Phi) is 10.7. The molecule has 4 aromatic rings. The highest BCUT2D eigenvalue weighted by atomic mass is 32.2. The Morgan fingerprint density at radius 3 is 2.10 bits per heavy atom. The molecule has 4 rings (SSSR count). The Balaban J connectivity index is 2.01. The Morgan fingerprint density at radius 2 is 1.53 bits per heavy atom. The molecule has 23 heteroatoms. The number of hydrogen-bond acceptors (Lipinski definition) is 15. The van der Waals surface area contributed by atoms with E-state index in [0.717, 1.165) is 49.4 Å². The van der Waals surface area contributed by atoms with Crippen LogP contribution in [0.2, 0.25) is 0 Å². The van der Waals surface area contributed by atoms with Gasteiger partial charge in [-0.1, -0.05) is 17.8 Å². The maximum Gasteiger partial charge on any atom is 0.301 e. The zero-order valence-corrected chi connectivity index (χ0v) is 28.7. The molecule has 268 valence electrons. The third-order valence-corrected chi connectivity index (χ3v) is 9.68. The highest BCUT2D eigenvalue weighted by molar-refractivity contribution is 7.88. The van der Waals surface area contributed by atoms with Crippen molar-refractivity contribution in [2.24, 2.45) is 15.3 Å². The maximum absolute atomic E-state index is 12.4. The average Bonchev–Trinajstić information content (AvgIpc) is 2.99. The van der Waals surface area contributed by atoms with E-state index in [4.69, 9.17) is 4.55 Å². The van der Waals surface area contributed by atoms with Crippen LogP contribution in [0.15, 0.2) is 114 Å². The third-order valence-electron chi connectivity index (χ3n) is 6.58. The van der Waals surface area contributed by atoms with E-state index in [0.29, 0.717) is 11.5 Å². The molecule has 0 fully saturated rings. The number of nitrogens with zero attached hydrogens (tertiary/aromatic N) is 3. The Bertz CT molecular complexity index is 2720. The first kappa shape index (κ1) is 38.5. The quantitative estimate of drug-likeness (QED) is 0.0633. The molecule has 0 aliphatic rings. The monoisotopic (exact) mass is 780 g/mol. The summed E-state index contributed by atoms with van der Waals surface area (Å²) < 4.78 is 137. The van der Waals surface area contributed by atoms with Crippen LogP contribution in [0.25, 0.3) is 21.5 Å². The van der Waals surface area contributed by atoms with Crippen molar-refractivity contribution in [3.8, 4) is 5.75 Å². The van der Waals surface area contributed by atoms with E-state index in [1.165, 1.54) is 18.2 Å². The molecule has 0 aliphatic carbocycles. The molecule has 0 heterocycles. The van der Waals surface area contributed by atoms with Crippen LogP contribution in [0.5, 0.6) is 5.75 Å². The SMILES string of the molecule is C=C/C(=C\C=C\S(=O)(=O)O)N=Nc1ccc(N=[NH+]c2c(S(=O)(=O)O)cc3c(S(=O)(=O)[O-])ccc(NC(C)=O)c3c2O)c2cc(S(=O)(=O)[O-])ccc12. The Morgan fingerprint density at radius 1 is 0.863 bits per heavy atom. The molecule has 5 N–H and O–H groups in total. The van der Waals surface area contributed by atoms with Crippen molar-refractivity contribution in [2.45, 2.75) is 21.6 Å². The fourth-order valence-electron chi connectivity index (χ4n) is 4.51. The second-order valence-electron chi connectivity index (χ2n) is 10.1. The molecule has 0 aliphatic heterocycles. The summed E-state index contributed by atoms with van der Waals surface area (Å²) in [4.78, 5) is 8.92. The second-order valence-corrected chi connectivity index (χ2v) is 15.5. The molecule has 0 spiro atoms. The predicted octanol–water partition coefficient (Wildman–Crippen LogP) is 2.76. The second kappa shape index (κ2) is 14.2. The molecule has 0 bridgehead atoms. The number of carbonyl (C=O) groups is 1. The summed E-state index contributed by atoms with van der Waals surface area (Å²) in [7, 11) is -20.2. The van der Waals surface area contributed by atoms with Crippen LogP contribution in [0.3, 0.4) is 0 Å². The van der Waals surface area contributed by atoms with Crippen LogP contribution in [0.4, 0.5) is 22.7 Å². The van der Waals surface area contributed by atoms with Crippen molar-refractivity contribution in [3.05, 3.63) is 84.4 Å². The first-order chi connectivity index (χ1) is 23.5. The summed E-state index contributed by atoms with van der Waals surface area (Å²) in [5.41, 5.74) is -1.39. The van der Waals surface area contributed by atoms with Crippen molar-refractivity contribution in [3.63, 3.8) is 0 Å². The number of hydrogen-bond donors (Lipinski definition) is 5. The number of azo groups is 2. The number of aromatic hydroxyl groups is 1. The minimum absolute atomic E-state index is 0.00618. The van der Waals surface area contributed by atoms with Gasteiger partial charge in [0, 0.05) is 23.1 Å². The van der Waals surface area contributed by atoms with E-state index in [1.54, 1.807) is 0 Å². The van der Waals surface area contributed by atoms with E-state index in [1.807, 2.05) is 0 Å². The van der Waals surface area contributed by atoms with Gasteiger partial charge in [-0.25, -0.2) is 16.8 Å².